The minimum atomic E-state index is -0.580. The van der Waals surface area contributed by atoms with Crippen molar-refractivity contribution in [3.05, 3.63) is 24.3 Å². The van der Waals surface area contributed by atoms with E-state index in [1.165, 1.54) is 0 Å². The molecule has 2 unspecified atom stereocenters. The molecule has 0 aliphatic carbocycles. The van der Waals surface area contributed by atoms with E-state index in [1.54, 1.807) is 0 Å². The fourth-order valence-electron chi connectivity index (χ4n) is 2.23. The predicted molar refractivity (Wildman–Crippen MR) is 78.0 cm³/mol. The van der Waals surface area contributed by atoms with Crippen LogP contribution in [0.3, 0.4) is 0 Å². The van der Waals surface area contributed by atoms with Crippen LogP contribution in [0.15, 0.2) is 24.3 Å². The van der Waals surface area contributed by atoms with Gasteiger partial charge in [0.15, 0.2) is 11.5 Å². The van der Waals surface area contributed by atoms with Gasteiger partial charge >= 0.3 is 0 Å². The van der Waals surface area contributed by atoms with E-state index in [0.717, 1.165) is 12.8 Å². The topological polar surface area (TPSA) is 47.6 Å². The lowest BCUT2D eigenvalue weighted by Crippen LogP contribution is -2.49. The molecule has 2 atom stereocenters. The lowest BCUT2D eigenvalue weighted by molar-refractivity contribution is -0.133. The molecule has 1 N–H and O–H groups in total. The van der Waals surface area contributed by atoms with Crippen molar-refractivity contribution in [3.63, 3.8) is 0 Å². The van der Waals surface area contributed by atoms with E-state index in [-0.39, 0.29) is 12.0 Å². The molecule has 110 valence electrons. The molecule has 1 aromatic carbocycles. The van der Waals surface area contributed by atoms with Gasteiger partial charge in [0.25, 0.3) is 5.91 Å². The van der Waals surface area contributed by atoms with Gasteiger partial charge in [-0.3, -0.25) is 4.79 Å². The van der Waals surface area contributed by atoms with Crippen molar-refractivity contribution in [2.45, 2.75) is 45.8 Å². The van der Waals surface area contributed by atoms with Gasteiger partial charge in [-0.15, -0.1) is 0 Å². The van der Waals surface area contributed by atoms with E-state index < -0.39 is 6.10 Å². The van der Waals surface area contributed by atoms with Crippen LogP contribution in [0.25, 0.3) is 0 Å². The molecule has 1 aliphatic rings. The fraction of sp³-hybridized carbons (Fsp3) is 0.562. The van der Waals surface area contributed by atoms with Crippen LogP contribution in [0.5, 0.6) is 11.5 Å². The number of carbonyl (C=O) groups excluding carboxylic acids is 1. The van der Waals surface area contributed by atoms with Crippen molar-refractivity contribution >= 4 is 5.91 Å². The quantitative estimate of drug-likeness (QED) is 0.842. The summed E-state index contributed by atoms with van der Waals surface area (Å²) in [4.78, 5) is 12.1. The van der Waals surface area contributed by atoms with Crippen molar-refractivity contribution in [3.8, 4) is 11.5 Å². The number of hydrogen-bond donors (Lipinski definition) is 1. The SMILES string of the molecule is CC(C)CCCNC(=O)C1Oc2ccccc2OC1C. The van der Waals surface area contributed by atoms with Crippen molar-refractivity contribution in [1.29, 1.82) is 0 Å². The van der Waals surface area contributed by atoms with Gasteiger partial charge in [-0.2, -0.15) is 0 Å². The summed E-state index contributed by atoms with van der Waals surface area (Å²) < 4.78 is 11.5. The first-order chi connectivity index (χ1) is 9.58. The Morgan fingerprint density at radius 1 is 1.25 bits per heavy atom. The highest BCUT2D eigenvalue weighted by Crippen LogP contribution is 2.33. The monoisotopic (exact) mass is 277 g/mol. The molecule has 0 radical (unpaired) electrons. The molecule has 20 heavy (non-hydrogen) atoms. The number of para-hydroxylation sites is 2. The highest BCUT2D eigenvalue weighted by Gasteiger charge is 2.33. The zero-order valence-electron chi connectivity index (χ0n) is 12.4. The van der Waals surface area contributed by atoms with Gasteiger partial charge in [0, 0.05) is 6.54 Å². The standard InChI is InChI=1S/C16H23NO3/c1-11(2)7-6-10-17-16(18)15-12(3)19-13-8-4-5-9-14(13)20-15/h4-5,8-9,11-12,15H,6-7,10H2,1-3H3,(H,17,18). The van der Waals surface area contributed by atoms with Crippen LogP contribution in [0.1, 0.15) is 33.6 Å². The number of benzene rings is 1. The van der Waals surface area contributed by atoms with Gasteiger partial charge in [0.1, 0.15) is 6.10 Å². The Kier molecular flexibility index (Phi) is 4.88. The summed E-state index contributed by atoms with van der Waals surface area (Å²) in [5, 5.41) is 2.93. The molecule has 1 aromatic rings. The van der Waals surface area contributed by atoms with Gasteiger partial charge in [-0.25, -0.2) is 0 Å². The maximum Gasteiger partial charge on any atom is 0.265 e. The summed E-state index contributed by atoms with van der Waals surface area (Å²) >= 11 is 0. The Hall–Kier alpha value is -1.71. The first kappa shape index (κ1) is 14.7. The first-order valence-electron chi connectivity index (χ1n) is 7.28. The minimum Gasteiger partial charge on any atom is -0.482 e. The average Bonchev–Trinajstić information content (AvgIpc) is 2.42. The molecule has 4 nitrogen and oxygen atoms in total. The minimum absolute atomic E-state index is 0.101. The molecule has 0 spiro atoms. The fourth-order valence-corrected chi connectivity index (χ4v) is 2.23. The van der Waals surface area contributed by atoms with E-state index in [4.69, 9.17) is 9.47 Å². The molecule has 0 aromatic heterocycles. The van der Waals surface area contributed by atoms with Crippen LogP contribution in [0.2, 0.25) is 0 Å². The van der Waals surface area contributed by atoms with Gasteiger partial charge < -0.3 is 14.8 Å². The Morgan fingerprint density at radius 2 is 1.90 bits per heavy atom. The number of rotatable bonds is 5. The highest BCUT2D eigenvalue weighted by atomic mass is 16.6. The van der Waals surface area contributed by atoms with Crippen molar-refractivity contribution < 1.29 is 14.3 Å². The van der Waals surface area contributed by atoms with Crippen LogP contribution < -0.4 is 14.8 Å². The molecular formula is C16H23NO3. The molecular weight excluding hydrogens is 254 g/mol. The number of nitrogens with one attached hydrogen (secondary N) is 1. The van der Waals surface area contributed by atoms with Crippen molar-refractivity contribution in [2.24, 2.45) is 5.92 Å². The molecule has 0 saturated carbocycles. The molecule has 4 heteroatoms. The maximum atomic E-state index is 12.1. The average molecular weight is 277 g/mol. The second kappa shape index (κ2) is 6.64. The molecule has 0 fully saturated rings. The van der Waals surface area contributed by atoms with E-state index >= 15 is 0 Å². The van der Waals surface area contributed by atoms with E-state index in [9.17, 15) is 4.79 Å². The summed E-state index contributed by atoms with van der Waals surface area (Å²) in [5.74, 6) is 1.89. The molecule has 0 bridgehead atoms. The van der Waals surface area contributed by atoms with Gasteiger partial charge in [0.2, 0.25) is 6.10 Å². The summed E-state index contributed by atoms with van der Waals surface area (Å²) in [6, 6.07) is 7.43. The van der Waals surface area contributed by atoms with Crippen LogP contribution in [-0.4, -0.2) is 24.7 Å². The summed E-state index contributed by atoms with van der Waals surface area (Å²) in [7, 11) is 0. The lowest BCUT2D eigenvalue weighted by atomic mass is 10.1. The molecule has 1 heterocycles. The Morgan fingerprint density at radius 3 is 2.55 bits per heavy atom. The predicted octanol–water partition coefficient (Wildman–Crippen LogP) is 2.77. The third-order valence-corrected chi connectivity index (χ3v) is 3.36. The third kappa shape index (κ3) is 3.65. The van der Waals surface area contributed by atoms with Crippen LogP contribution >= 0.6 is 0 Å². The van der Waals surface area contributed by atoms with Gasteiger partial charge in [-0.05, 0) is 37.8 Å². The molecule has 1 aliphatic heterocycles. The Balaban J connectivity index is 1.88. The van der Waals surface area contributed by atoms with Crippen LogP contribution in [0, 0.1) is 5.92 Å². The maximum absolute atomic E-state index is 12.1. The third-order valence-electron chi connectivity index (χ3n) is 3.36. The lowest BCUT2D eigenvalue weighted by Gasteiger charge is -2.31. The largest absolute Gasteiger partial charge is 0.482 e. The van der Waals surface area contributed by atoms with Crippen molar-refractivity contribution in [1.82, 2.24) is 5.32 Å². The molecule has 1 amide bonds. The van der Waals surface area contributed by atoms with Crippen molar-refractivity contribution in [2.75, 3.05) is 6.54 Å². The van der Waals surface area contributed by atoms with Crippen LogP contribution in [0.4, 0.5) is 0 Å². The Labute approximate surface area is 120 Å². The number of carbonyl (C=O) groups is 1. The van der Waals surface area contributed by atoms with Gasteiger partial charge in [-0.1, -0.05) is 26.0 Å². The smallest absolute Gasteiger partial charge is 0.265 e. The normalized spacial score (nSPS) is 20.8. The molecule has 0 saturated heterocycles. The summed E-state index contributed by atoms with van der Waals surface area (Å²) in [5.41, 5.74) is 0. The van der Waals surface area contributed by atoms with E-state index in [0.29, 0.717) is 24.0 Å². The first-order valence-corrected chi connectivity index (χ1v) is 7.28. The summed E-state index contributed by atoms with van der Waals surface area (Å²) in [6.45, 7) is 6.90. The zero-order chi connectivity index (χ0) is 14.5. The van der Waals surface area contributed by atoms with Crippen LogP contribution in [-0.2, 0) is 4.79 Å². The zero-order valence-corrected chi connectivity index (χ0v) is 12.4. The molecule has 2 rings (SSSR count). The number of amides is 1. The second-order valence-corrected chi connectivity index (χ2v) is 5.64. The highest BCUT2D eigenvalue weighted by molar-refractivity contribution is 5.82. The van der Waals surface area contributed by atoms with E-state index in [1.807, 2.05) is 31.2 Å². The summed E-state index contributed by atoms with van der Waals surface area (Å²) in [6.07, 6.45) is 1.24. The number of fused-ring (bicyclic) bond motifs is 1. The number of ether oxygens (including phenoxy) is 2. The number of hydrogen-bond acceptors (Lipinski definition) is 3. The Bertz CT molecular complexity index is 459. The van der Waals surface area contributed by atoms with E-state index in [2.05, 4.69) is 19.2 Å². The van der Waals surface area contributed by atoms with Gasteiger partial charge in [0.05, 0.1) is 0 Å². The second-order valence-electron chi connectivity index (χ2n) is 5.64.